The van der Waals surface area contributed by atoms with Crippen LogP contribution >= 0.6 is 0 Å². The molecule has 2 rings (SSSR count). The van der Waals surface area contributed by atoms with Crippen LogP contribution in [-0.2, 0) is 20.7 Å². The van der Waals surface area contributed by atoms with Crippen LogP contribution in [-0.4, -0.2) is 66.5 Å². The van der Waals surface area contributed by atoms with E-state index in [0.29, 0.717) is 5.56 Å². The highest BCUT2D eigenvalue weighted by Gasteiger charge is 2.89. The highest BCUT2D eigenvalue weighted by molar-refractivity contribution is 6.08. The molecule has 20 heteroatoms. The van der Waals surface area contributed by atoms with Crippen LogP contribution in [0.1, 0.15) is 62.9 Å². The van der Waals surface area contributed by atoms with Gasteiger partial charge in [-0.05, 0) is 50.8 Å². The summed E-state index contributed by atoms with van der Waals surface area (Å²) in [6, 6.07) is 4.58. The molecule has 0 aliphatic heterocycles. The van der Waals surface area contributed by atoms with Crippen LogP contribution in [0.25, 0.3) is 0 Å². The van der Waals surface area contributed by atoms with Crippen molar-refractivity contribution in [3.63, 3.8) is 0 Å². The molecule has 1 atom stereocenters. The van der Waals surface area contributed by atoms with Gasteiger partial charge < -0.3 is 10.1 Å². The second-order valence-electron chi connectivity index (χ2n) is 12.5. The maximum atomic E-state index is 14.4. The molecule has 0 aromatic heterocycles. The fourth-order valence-corrected chi connectivity index (χ4v) is 4.36. The minimum absolute atomic E-state index is 0.145. The quantitative estimate of drug-likeness (QED) is 0.145. The number of ketones is 1. The number of esters is 1. The van der Waals surface area contributed by atoms with Crippen molar-refractivity contribution in [2.45, 2.75) is 95.6 Å². The molecule has 1 N–H and O–H groups in total. The zero-order valence-electron chi connectivity index (χ0n) is 25.2. The Morgan fingerprint density at radius 2 is 1.27 bits per heavy atom. The fraction of sp³-hybridized carbons (Fsp3) is 0.679. The van der Waals surface area contributed by atoms with E-state index in [4.69, 9.17) is 0 Å². The normalized spacial score (nSPS) is 16.0. The number of Topliss-reactive ketones (excluding diaryl/α,β-unsaturated/α-hetero) is 1. The Hall–Kier alpha value is -3.22. The summed E-state index contributed by atoms with van der Waals surface area (Å²) in [7, 11) is 0. The topological polar surface area (TPSA) is 72.5 Å². The number of anilines is 1. The number of halogens is 15. The third kappa shape index (κ3) is 7.35. The molecule has 48 heavy (non-hydrogen) atoms. The molecule has 0 saturated heterocycles. The summed E-state index contributed by atoms with van der Waals surface area (Å²) in [5, 5.41) is 2.57. The minimum atomic E-state index is -8.16. The van der Waals surface area contributed by atoms with Crippen molar-refractivity contribution in [2.24, 2.45) is 16.7 Å². The molecule has 5 nitrogen and oxygen atoms in total. The number of alkyl halides is 15. The van der Waals surface area contributed by atoms with Gasteiger partial charge in [-0.2, -0.15) is 57.1 Å². The molecule has 0 heterocycles. The average molecular weight is 728 g/mol. The van der Waals surface area contributed by atoms with E-state index >= 15 is 0 Å². The number of rotatable bonds is 15. The van der Waals surface area contributed by atoms with Gasteiger partial charge in [0, 0.05) is 23.1 Å². The number of nitrogens with one attached hydrogen (secondary N) is 1. The molecule has 0 spiro atoms. The van der Waals surface area contributed by atoms with E-state index in [-0.39, 0.29) is 30.7 Å². The van der Waals surface area contributed by atoms with Crippen molar-refractivity contribution in [3.8, 4) is 0 Å². The molecule has 1 aliphatic rings. The second kappa shape index (κ2) is 12.9. The molecule has 1 aromatic carbocycles. The van der Waals surface area contributed by atoms with Gasteiger partial charge in [-0.3, -0.25) is 14.4 Å². The van der Waals surface area contributed by atoms with Crippen LogP contribution in [0.15, 0.2) is 18.2 Å². The second-order valence-corrected chi connectivity index (χ2v) is 12.5. The highest BCUT2D eigenvalue weighted by atomic mass is 19.4. The maximum Gasteiger partial charge on any atom is 0.397 e. The lowest BCUT2D eigenvalue weighted by molar-refractivity contribution is -0.427. The van der Waals surface area contributed by atoms with E-state index in [2.05, 4.69) is 10.1 Å². The van der Waals surface area contributed by atoms with Gasteiger partial charge in [-0.15, -0.1) is 0 Å². The van der Waals surface area contributed by atoms with E-state index in [0.717, 1.165) is 19.4 Å². The summed E-state index contributed by atoms with van der Waals surface area (Å²) in [4.78, 5) is 37.0. The Labute approximate surface area is 262 Å². The number of carbonyl (C=O) groups excluding carboxylic acids is 3. The number of fused-ring (bicyclic) bond motifs is 1. The van der Waals surface area contributed by atoms with E-state index in [1.165, 1.54) is 26.0 Å². The Balaban J connectivity index is 2.14. The van der Waals surface area contributed by atoms with Crippen molar-refractivity contribution in [1.82, 2.24) is 0 Å². The van der Waals surface area contributed by atoms with Crippen molar-refractivity contribution in [3.05, 3.63) is 29.3 Å². The number of ether oxygens (including phenoxy) is 1. The number of benzene rings is 1. The molecule has 0 saturated carbocycles. The molecular weight excluding hydrogens is 699 g/mol. The van der Waals surface area contributed by atoms with Crippen molar-refractivity contribution in [1.29, 1.82) is 0 Å². The number of hydrogen-bond donors (Lipinski definition) is 1. The summed E-state index contributed by atoms with van der Waals surface area (Å²) in [6.07, 6.45) is -15.1. The third-order valence-electron chi connectivity index (χ3n) is 7.93. The zero-order valence-corrected chi connectivity index (χ0v) is 25.2. The van der Waals surface area contributed by atoms with Crippen LogP contribution in [0.4, 0.5) is 71.5 Å². The first kappa shape index (κ1) is 41.0. The number of carbonyl (C=O) groups is 3. The predicted octanol–water partition coefficient (Wildman–Crippen LogP) is 8.75. The van der Waals surface area contributed by atoms with Crippen LogP contribution in [0.3, 0.4) is 0 Å². The van der Waals surface area contributed by atoms with Gasteiger partial charge in [-0.25, -0.2) is 8.78 Å². The minimum Gasteiger partial charge on any atom is -0.465 e. The van der Waals surface area contributed by atoms with Gasteiger partial charge >= 0.3 is 48.2 Å². The Kier molecular flexibility index (Phi) is 11.0. The Bertz CT molecular complexity index is 1390. The Morgan fingerprint density at radius 1 is 0.771 bits per heavy atom. The smallest absolute Gasteiger partial charge is 0.397 e. The lowest BCUT2D eigenvalue weighted by Gasteiger charge is -2.41. The highest BCUT2D eigenvalue weighted by Crippen LogP contribution is 2.61. The molecule has 1 unspecified atom stereocenters. The van der Waals surface area contributed by atoms with Gasteiger partial charge in [0.05, 0.1) is 12.0 Å². The first-order valence-corrected chi connectivity index (χ1v) is 13.7. The van der Waals surface area contributed by atoms with Gasteiger partial charge in [0.15, 0.2) is 5.78 Å². The summed E-state index contributed by atoms with van der Waals surface area (Å²) >= 11 is 0. The maximum absolute atomic E-state index is 14.4. The zero-order chi connectivity index (χ0) is 37.7. The summed E-state index contributed by atoms with van der Waals surface area (Å²) < 4.78 is 207. The fourth-order valence-electron chi connectivity index (χ4n) is 4.36. The van der Waals surface area contributed by atoms with Crippen LogP contribution < -0.4 is 5.32 Å². The van der Waals surface area contributed by atoms with Crippen LogP contribution in [0, 0.1) is 16.7 Å². The van der Waals surface area contributed by atoms with E-state index in [9.17, 15) is 80.2 Å². The first-order chi connectivity index (χ1) is 21.3. The molecule has 274 valence electrons. The van der Waals surface area contributed by atoms with Gasteiger partial charge in [0.1, 0.15) is 5.92 Å². The molecular formula is C28H28F15NO4. The average Bonchev–Trinajstić information content (AvgIpc) is 2.92. The van der Waals surface area contributed by atoms with Gasteiger partial charge in [0.25, 0.3) is 0 Å². The third-order valence-corrected chi connectivity index (χ3v) is 7.93. The summed E-state index contributed by atoms with van der Waals surface area (Å²) in [5.74, 6) is -46.1. The van der Waals surface area contributed by atoms with Gasteiger partial charge in [0.2, 0.25) is 5.91 Å². The van der Waals surface area contributed by atoms with E-state index < -0.39 is 83.9 Å². The molecule has 1 aliphatic carbocycles. The van der Waals surface area contributed by atoms with Crippen molar-refractivity contribution >= 4 is 23.3 Å². The lowest BCUT2D eigenvalue weighted by atomic mass is 9.78. The molecule has 1 amide bonds. The first-order valence-electron chi connectivity index (χ1n) is 13.7. The van der Waals surface area contributed by atoms with Crippen molar-refractivity contribution < 1.29 is 85.0 Å². The van der Waals surface area contributed by atoms with Crippen molar-refractivity contribution in [2.75, 3.05) is 11.9 Å². The van der Waals surface area contributed by atoms with E-state index in [1.54, 1.807) is 6.07 Å². The molecule has 1 aromatic rings. The van der Waals surface area contributed by atoms with E-state index in [1.807, 2.05) is 0 Å². The van der Waals surface area contributed by atoms with Crippen LogP contribution in [0.2, 0.25) is 0 Å². The largest absolute Gasteiger partial charge is 0.465 e. The van der Waals surface area contributed by atoms with Crippen LogP contribution in [0.5, 0.6) is 0 Å². The monoisotopic (exact) mass is 727 g/mol. The molecule has 0 bridgehead atoms. The molecule has 0 radical (unpaired) electrons. The number of amides is 1. The lowest BCUT2D eigenvalue weighted by Crippen LogP contribution is -2.70. The van der Waals surface area contributed by atoms with Gasteiger partial charge in [-0.1, -0.05) is 19.9 Å². The number of hydrogen-bond acceptors (Lipinski definition) is 4. The molecule has 0 fully saturated rings. The summed E-state index contributed by atoms with van der Waals surface area (Å²) in [5.41, 5.74) is -1.55. The predicted molar refractivity (Wildman–Crippen MR) is 136 cm³/mol. The Morgan fingerprint density at radius 3 is 1.75 bits per heavy atom. The standard InChI is InChI=1S/C28H28F15NO4/c1-21(2,19(46)44-14-6-5-13-11-16(45)15(13)12-14)8-9-22(3,4)20(47)48-10-7-17(25(35,36)37)23(31,32)26(38,39)28(42,43)27(40,41)24(33,34)18(29)30/h5-6,12,17-18H,7-11H2,1-4H3,(H,44,46). The summed E-state index contributed by atoms with van der Waals surface area (Å²) in [6.45, 7) is 3.20. The SMILES string of the molecule is CC(C)(CCC(C)(C)C(=O)OCCC(C(F)(F)F)C(F)(F)C(F)(F)C(F)(F)C(F)(F)C(F)(F)C(F)F)C(=O)Nc1ccc2c(c1)C(=O)C2.